The molecule has 0 bridgehead atoms. The molecule has 0 aliphatic carbocycles. The predicted molar refractivity (Wildman–Crippen MR) is 102 cm³/mol. The van der Waals surface area contributed by atoms with Crippen molar-refractivity contribution in [3.05, 3.63) is 41.5 Å². The van der Waals surface area contributed by atoms with Gasteiger partial charge in [-0.25, -0.2) is 0 Å². The van der Waals surface area contributed by atoms with Crippen LogP contribution in [0.3, 0.4) is 0 Å². The Hall–Kier alpha value is -3.22. The number of nitrogens with zero attached hydrogens (tertiary/aromatic N) is 1. The number of carbonyl (C=O) groups excluding carboxylic acids is 2. The number of ether oxygens (including phenoxy) is 3. The predicted octanol–water partition coefficient (Wildman–Crippen LogP) is 2.87. The van der Waals surface area contributed by atoms with E-state index in [4.69, 9.17) is 14.2 Å². The number of amides is 2. The van der Waals surface area contributed by atoms with E-state index >= 15 is 0 Å². The summed E-state index contributed by atoms with van der Waals surface area (Å²) in [6.45, 7) is 0. The third kappa shape index (κ3) is 3.40. The normalized spacial score (nSPS) is 13.0. The van der Waals surface area contributed by atoms with Crippen LogP contribution in [-0.4, -0.2) is 40.2 Å². The molecule has 0 atom stereocenters. The number of methoxy groups -OCH3 is 3. The lowest BCUT2D eigenvalue weighted by molar-refractivity contribution is -0.118. The SMILES string of the molecule is COc1ccc(C(=O)Nc2ccc3c(c2)CCC(=O)N3C)c(OC)c1OC. The van der Waals surface area contributed by atoms with Gasteiger partial charge in [-0.1, -0.05) is 0 Å². The van der Waals surface area contributed by atoms with Crippen molar-refractivity contribution in [3.8, 4) is 17.2 Å². The molecule has 1 N–H and O–H groups in total. The molecule has 27 heavy (non-hydrogen) atoms. The fraction of sp³-hybridized carbons (Fsp3) is 0.300. The van der Waals surface area contributed by atoms with E-state index in [1.165, 1.54) is 21.3 Å². The molecular weight excluding hydrogens is 348 g/mol. The number of hydrogen-bond acceptors (Lipinski definition) is 5. The minimum absolute atomic E-state index is 0.0920. The first kappa shape index (κ1) is 18.6. The van der Waals surface area contributed by atoms with Gasteiger partial charge in [0.15, 0.2) is 11.5 Å². The first-order valence-electron chi connectivity index (χ1n) is 8.50. The number of aryl methyl sites for hydroxylation is 1. The summed E-state index contributed by atoms with van der Waals surface area (Å²) in [6, 6.07) is 8.79. The third-order valence-electron chi connectivity index (χ3n) is 4.63. The van der Waals surface area contributed by atoms with E-state index in [2.05, 4.69) is 5.32 Å². The number of nitrogens with one attached hydrogen (secondary N) is 1. The zero-order valence-corrected chi connectivity index (χ0v) is 15.8. The van der Waals surface area contributed by atoms with E-state index in [-0.39, 0.29) is 11.8 Å². The van der Waals surface area contributed by atoms with Crippen LogP contribution in [0.5, 0.6) is 17.2 Å². The molecule has 7 heteroatoms. The number of benzene rings is 2. The molecular formula is C20H22N2O5. The second kappa shape index (κ2) is 7.57. The Bertz CT molecular complexity index is 894. The molecule has 3 rings (SSSR count). The van der Waals surface area contributed by atoms with Crippen molar-refractivity contribution in [1.29, 1.82) is 0 Å². The molecule has 0 saturated heterocycles. The summed E-state index contributed by atoms with van der Waals surface area (Å²) in [5.74, 6) is 0.908. The van der Waals surface area contributed by atoms with E-state index < -0.39 is 0 Å². The van der Waals surface area contributed by atoms with Gasteiger partial charge in [0.05, 0.1) is 26.9 Å². The molecule has 0 radical (unpaired) electrons. The average molecular weight is 370 g/mol. The Kier molecular flexibility index (Phi) is 5.21. The highest BCUT2D eigenvalue weighted by Crippen LogP contribution is 2.40. The quantitative estimate of drug-likeness (QED) is 0.876. The third-order valence-corrected chi connectivity index (χ3v) is 4.63. The first-order chi connectivity index (χ1) is 13.0. The van der Waals surface area contributed by atoms with Gasteiger partial charge >= 0.3 is 0 Å². The maximum Gasteiger partial charge on any atom is 0.259 e. The van der Waals surface area contributed by atoms with Gasteiger partial charge < -0.3 is 24.4 Å². The maximum atomic E-state index is 12.8. The summed E-state index contributed by atoms with van der Waals surface area (Å²) < 4.78 is 15.9. The van der Waals surface area contributed by atoms with E-state index in [9.17, 15) is 9.59 Å². The molecule has 0 aromatic heterocycles. The standard InChI is InChI=1S/C20H22N2O5/c1-22-15-8-6-13(11-12(15)5-10-17(22)23)21-20(24)14-7-9-16(25-2)19(27-4)18(14)26-3/h6-9,11H,5,10H2,1-4H3,(H,21,24). The second-order valence-electron chi connectivity index (χ2n) is 6.13. The average Bonchev–Trinajstić information content (AvgIpc) is 2.69. The van der Waals surface area contributed by atoms with Gasteiger partial charge in [0.25, 0.3) is 5.91 Å². The fourth-order valence-corrected chi connectivity index (χ4v) is 3.21. The van der Waals surface area contributed by atoms with Crippen LogP contribution >= 0.6 is 0 Å². The topological polar surface area (TPSA) is 77.1 Å². The van der Waals surface area contributed by atoms with Crippen molar-refractivity contribution in [3.63, 3.8) is 0 Å². The number of rotatable bonds is 5. The Labute approximate surface area is 157 Å². The summed E-state index contributed by atoms with van der Waals surface area (Å²) in [6.07, 6.45) is 1.12. The highest BCUT2D eigenvalue weighted by molar-refractivity contribution is 6.07. The molecule has 2 aromatic carbocycles. The highest BCUT2D eigenvalue weighted by atomic mass is 16.5. The second-order valence-corrected chi connectivity index (χ2v) is 6.13. The summed E-state index contributed by atoms with van der Waals surface area (Å²) in [5, 5.41) is 2.88. The van der Waals surface area contributed by atoms with Crippen molar-refractivity contribution in [2.75, 3.05) is 38.6 Å². The van der Waals surface area contributed by atoms with Crippen molar-refractivity contribution in [1.82, 2.24) is 0 Å². The maximum absolute atomic E-state index is 12.8. The van der Waals surface area contributed by atoms with Gasteiger partial charge in [-0.15, -0.1) is 0 Å². The first-order valence-corrected chi connectivity index (χ1v) is 8.50. The van der Waals surface area contributed by atoms with Crippen LogP contribution in [0.4, 0.5) is 11.4 Å². The number of fused-ring (bicyclic) bond motifs is 1. The number of anilines is 2. The highest BCUT2D eigenvalue weighted by Gasteiger charge is 2.23. The van der Waals surface area contributed by atoms with Crippen molar-refractivity contribution in [2.24, 2.45) is 0 Å². The molecule has 0 unspecified atom stereocenters. The van der Waals surface area contributed by atoms with Crippen molar-refractivity contribution < 1.29 is 23.8 Å². The van der Waals surface area contributed by atoms with Gasteiger partial charge in [-0.3, -0.25) is 9.59 Å². The summed E-state index contributed by atoms with van der Waals surface area (Å²) in [7, 11) is 6.24. The monoisotopic (exact) mass is 370 g/mol. The van der Waals surface area contributed by atoms with Crippen LogP contribution in [0, 0.1) is 0 Å². The molecule has 0 saturated carbocycles. The van der Waals surface area contributed by atoms with E-state index in [0.717, 1.165) is 11.3 Å². The Morgan fingerprint density at radius 1 is 1.00 bits per heavy atom. The van der Waals surface area contributed by atoms with Crippen LogP contribution in [0.15, 0.2) is 30.3 Å². The van der Waals surface area contributed by atoms with Gasteiger partial charge in [-0.05, 0) is 42.3 Å². The Balaban J connectivity index is 1.89. The van der Waals surface area contributed by atoms with E-state index in [0.29, 0.717) is 41.3 Å². The fourth-order valence-electron chi connectivity index (χ4n) is 3.21. The summed E-state index contributed by atoms with van der Waals surface area (Å²) >= 11 is 0. The van der Waals surface area contributed by atoms with E-state index in [1.54, 1.807) is 30.1 Å². The molecule has 1 aliphatic heterocycles. The minimum atomic E-state index is -0.326. The molecule has 2 amide bonds. The molecule has 7 nitrogen and oxygen atoms in total. The van der Waals surface area contributed by atoms with Crippen LogP contribution in [0.2, 0.25) is 0 Å². The number of hydrogen-bond donors (Lipinski definition) is 1. The molecule has 2 aromatic rings. The van der Waals surface area contributed by atoms with Crippen molar-refractivity contribution in [2.45, 2.75) is 12.8 Å². The lowest BCUT2D eigenvalue weighted by Gasteiger charge is -2.26. The zero-order valence-electron chi connectivity index (χ0n) is 15.8. The molecule has 1 aliphatic rings. The smallest absolute Gasteiger partial charge is 0.259 e. The molecule has 0 spiro atoms. The molecule has 1 heterocycles. The van der Waals surface area contributed by atoms with E-state index in [1.807, 2.05) is 12.1 Å². The van der Waals surface area contributed by atoms with Crippen molar-refractivity contribution >= 4 is 23.2 Å². The lowest BCUT2D eigenvalue weighted by atomic mass is 10.0. The van der Waals surface area contributed by atoms with Gasteiger partial charge in [0.2, 0.25) is 11.7 Å². The Morgan fingerprint density at radius 3 is 2.41 bits per heavy atom. The number of carbonyl (C=O) groups is 2. The van der Waals surface area contributed by atoms with Crippen LogP contribution in [0.1, 0.15) is 22.3 Å². The molecule has 142 valence electrons. The minimum Gasteiger partial charge on any atom is -0.493 e. The van der Waals surface area contributed by atoms with Crippen LogP contribution in [0.25, 0.3) is 0 Å². The molecule has 0 fully saturated rings. The van der Waals surface area contributed by atoms with Crippen LogP contribution < -0.4 is 24.4 Å². The Morgan fingerprint density at radius 2 is 1.74 bits per heavy atom. The largest absolute Gasteiger partial charge is 0.493 e. The summed E-state index contributed by atoms with van der Waals surface area (Å²) in [4.78, 5) is 26.2. The van der Waals surface area contributed by atoms with Gasteiger partial charge in [-0.2, -0.15) is 0 Å². The van der Waals surface area contributed by atoms with Gasteiger partial charge in [0, 0.05) is 24.8 Å². The zero-order chi connectivity index (χ0) is 19.6. The lowest BCUT2D eigenvalue weighted by Crippen LogP contribution is -2.31. The van der Waals surface area contributed by atoms with Crippen LogP contribution in [-0.2, 0) is 11.2 Å². The summed E-state index contributed by atoms with van der Waals surface area (Å²) in [5.41, 5.74) is 2.88. The van der Waals surface area contributed by atoms with Gasteiger partial charge in [0.1, 0.15) is 0 Å².